The van der Waals surface area contributed by atoms with E-state index in [-0.39, 0.29) is 0 Å². The summed E-state index contributed by atoms with van der Waals surface area (Å²) in [6, 6.07) is 22.2. The van der Waals surface area contributed by atoms with Gasteiger partial charge in [0.1, 0.15) is 11.5 Å². The van der Waals surface area contributed by atoms with Crippen LogP contribution in [-0.4, -0.2) is 14.2 Å². The molecule has 0 heterocycles. The van der Waals surface area contributed by atoms with Gasteiger partial charge >= 0.3 is 0 Å². The Morgan fingerprint density at radius 2 is 1.23 bits per heavy atom. The van der Waals surface area contributed by atoms with Crippen LogP contribution in [0.4, 0.5) is 17.1 Å². The SMILES string of the molecule is C=Cc1ccc(N(c2ccc(OC)cc2)c2ccc(OC)cc2)cc1Br. The molecular weight excluding hydrogens is 390 g/mol. The third-order valence-corrected chi connectivity index (χ3v) is 4.81. The molecule has 4 heteroatoms. The molecule has 0 unspecified atom stereocenters. The zero-order chi connectivity index (χ0) is 18.5. The van der Waals surface area contributed by atoms with Crippen molar-refractivity contribution in [2.45, 2.75) is 0 Å². The van der Waals surface area contributed by atoms with Gasteiger partial charge in [-0.1, -0.05) is 34.7 Å². The molecule has 0 radical (unpaired) electrons. The van der Waals surface area contributed by atoms with E-state index in [1.807, 2.05) is 60.7 Å². The highest BCUT2D eigenvalue weighted by molar-refractivity contribution is 9.10. The van der Waals surface area contributed by atoms with Crippen LogP contribution >= 0.6 is 15.9 Å². The Hall–Kier alpha value is -2.72. The second kappa shape index (κ2) is 8.11. The summed E-state index contributed by atoms with van der Waals surface area (Å²) in [5.41, 5.74) is 4.17. The van der Waals surface area contributed by atoms with Crippen LogP contribution < -0.4 is 14.4 Å². The molecule has 0 aliphatic carbocycles. The van der Waals surface area contributed by atoms with E-state index in [0.29, 0.717) is 0 Å². The lowest BCUT2D eigenvalue weighted by atomic mass is 10.1. The molecule has 0 bridgehead atoms. The van der Waals surface area contributed by atoms with Crippen LogP contribution in [0.1, 0.15) is 5.56 Å². The molecule has 3 aromatic carbocycles. The topological polar surface area (TPSA) is 21.7 Å². The Bertz CT molecular complexity index is 842. The average Bonchev–Trinajstić information content (AvgIpc) is 2.69. The molecule has 3 nitrogen and oxygen atoms in total. The number of methoxy groups -OCH3 is 2. The van der Waals surface area contributed by atoms with Crippen molar-refractivity contribution < 1.29 is 9.47 Å². The Morgan fingerprint density at radius 1 is 0.769 bits per heavy atom. The maximum absolute atomic E-state index is 5.29. The van der Waals surface area contributed by atoms with Crippen LogP contribution in [0.15, 0.2) is 77.8 Å². The van der Waals surface area contributed by atoms with Crippen molar-refractivity contribution in [1.29, 1.82) is 0 Å². The second-order valence-corrected chi connectivity index (χ2v) is 6.50. The predicted octanol–water partition coefficient (Wildman–Crippen LogP) is 6.58. The number of rotatable bonds is 6. The highest BCUT2D eigenvalue weighted by atomic mass is 79.9. The Balaban J connectivity index is 2.10. The van der Waals surface area contributed by atoms with Gasteiger partial charge in [0.15, 0.2) is 0 Å². The van der Waals surface area contributed by atoms with Gasteiger partial charge in [0.05, 0.1) is 14.2 Å². The summed E-state index contributed by atoms with van der Waals surface area (Å²) in [5, 5.41) is 0. The summed E-state index contributed by atoms with van der Waals surface area (Å²) in [6.45, 7) is 3.85. The van der Waals surface area contributed by atoms with Crippen molar-refractivity contribution in [2.75, 3.05) is 19.1 Å². The number of benzene rings is 3. The minimum Gasteiger partial charge on any atom is -0.497 e. The zero-order valence-electron chi connectivity index (χ0n) is 14.8. The molecule has 0 saturated carbocycles. The van der Waals surface area contributed by atoms with Gasteiger partial charge in [0.2, 0.25) is 0 Å². The molecular formula is C22H20BrNO2. The molecule has 0 amide bonds. The summed E-state index contributed by atoms with van der Waals surface area (Å²) in [5.74, 6) is 1.65. The smallest absolute Gasteiger partial charge is 0.119 e. The van der Waals surface area contributed by atoms with E-state index in [1.165, 1.54) is 0 Å². The summed E-state index contributed by atoms with van der Waals surface area (Å²) in [4.78, 5) is 2.18. The van der Waals surface area contributed by atoms with Gasteiger partial charge < -0.3 is 14.4 Å². The summed E-state index contributed by atoms with van der Waals surface area (Å²) in [6.07, 6.45) is 1.83. The minimum atomic E-state index is 0.826. The first-order valence-electron chi connectivity index (χ1n) is 8.16. The van der Waals surface area contributed by atoms with Gasteiger partial charge in [-0.15, -0.1) is 0 Å². The summed E-state index contributed by atoms with van der Waals surface area (Å²) in [7, 11) is 3.34. The van der Waals surface area contributed by atoms with E-state index in [4.69, 9.17) is 9.47 Å². The van der Waals surface area contributed by atoms with Crippen LogP contribution in [0.5, 0.6) is 11.5 Å². The quantitative estimate of drug-likeness (QED) is 0.458. The van der Waals surface area contributed by atoms with E-state index in [1.54, 1.807) is 14.2 Å². The van der Waals surface area contributed by atoms with Crippen molar-refractivity contribution >= 4 is 39.1 Å². The molecule has 0 N–H and O–H groups in total. The first-order chi connectivity index (χ1) is 12.7. The normalized spacial score (nSPS) is 10.3. The fraction of sp³-hybridized carbons (Fsp3) is 0.0909. The molecule has 3 aromatic rings. The maximum Gasteiger partial charge on any atom is 0.119 e. The van der Waals surface area contributed by atoms with Crippen LogP contribution in [0, 0.1) is 0 Å². The third-order valence-electron chi connectivity index (χ3n) is 4.12. The third kappa shape index (κ3) is 3.75. The van der Waals surface area contributed by atoms with E-state index in [9.17, 15) is 0 Å². The van der Waals surface area contributed by atoms with Gasteiger partial charge in [-0.3, -0.25) is 0 Å². The molecule has 0 saturated heterocycles. The van der Waals surface area contributed by atoms with Crippen molar-refractivity contribution in [3.05, 3.63) is 83.3 Å². The van der Waals surface area contributed by atoms with Crippen LogP contribution in [0.3, 0.4) is 0 Å². The highest BCUT2D eigenvalue weighted by Gasteiger charge is 2.14. The fourth-order valence-electron chi connectivity index (χ4n) is 2.73. The molecule has 0 aliphatic rings. The largest absolute Gasteiger partial charge is 0.497 e. The average molecular weight is 410 g/mol. The first kappa shape index (κ1) is 18.1. The maximum atomic E-state index is 5.29. The van der Waals surface area contributed by atoms with Gasteiger partial charge in [-0.05, 0) is 66.2 Å². The van der Waals surface area contributed by atoms with E-state index < -0.39 is 0 Å². The standard InChI is InChI=1S/C22H20BrNO2/c1-4-16-5-6-19(15-22(16)23)24(17-7-11-20(25-2)12-8-17)18-9-13-21(26-3)14-10-18/h4-15H,1H2,2-3H3. The number of ether oxygens (including phenoxy) is 2. The molecule has 0 spiro atoms. The van der Waals surface area contributed by atoms with Crippen molar-refractivity contribution in [3.63, 3.8) is 0 Å². The molecule has 0 atom stereocenters. The number of nitrogens with zero attached hydrogens (tertiary/aromatic N) is 1. The lowest BCUT2D eigenvalue weighted by Crippen LogP contribution is -2.10. The van der Waals surface area contributed by atoms with Gasteiger partial charge in [-0.25, -0.2) is 0 Å². The number of hydrogen-bond donors (Lipinski definition) is 0. The van der Waals surface area contributed by atoms with E-state index >= 15 is 0 Å². The number of halogens is 1. The van der Waals surface area contributed by atoms with Crippen molar-refractivity contribution in [2.24, 2.45) is 0 Å². The predicted molar refractivity (Wildman–Crippen MR) is 112 cm³/mol. The second-order valence-electron chi connectivity index (χ2n) is 5.64. The highest BCUT2D eigenvalue weighted by Crippen LogP contribution is 2.37. The van der Waals surface area contributed by atoms with Gasteiger partial charge in [-0.2, -0.15) is 0 Å². The summed E-state index contributed by atoms with van der Waals surface area (Å²) >= 11 is 3.63. The van der Waals surface area contributed by atoms with E-state index in [0.717, 1.165) is 38.6 Å². The first-order valence-corrected chi connectivity index (χ1v) is 8.96. The lowest BCUT2D eigenvalue weighted by Gasteiger charge is -2.26. The fourth-order valence-corrected chi connectivity index (χ4v) is 3.26. The van der Waals surface area contributed by atoms with Crippen LogP contribution in [0.25, 0.3) is 6.08 Å². The summed E-state index contributed by atoms with van der Waals surface area (Å²) < 4.78 is 11.6. The lowest BCUT2D eigenvalue weighted by molar-refractivity contribution is 0.415. The van der Waals surface area contributed by atoms with Gasteiger partial charge in [0, 0.05) is 21.5 Å². The molecule has 132 valence electrons. The Kier molecular flexibility index (Phi) is 5.64. The Morgan fingerprint density at radius 3 is 1.62 bits per heavy atom. The van der Waals surface area contributed by atoms with Crippen LogP contribution in [-0.2, 0) is 0 Å². The molecule has 0 fully saturated rings. The zero-order valence-corrected chi connectivity index (χ0v) is 16.4. The van der Waals surface area contributed by atoms with Gasteiger partial charge in [0.25, 0.3) is 0 Å². The number of anilines is 3. The van der Waals surface area contributed by atoms with Crippen molar-refractivity contribution in [1.82, 2.24) is 0 Å². The molecule has 3 rings (SSSR count). The molecule has 0 aromatic heterocycles. The number of hydrogen-bond acceptors (Lipinski definition) is 3. The van der Waals surface area contributed by atoms with Crippen molar-refractivity contribution in [3.8, 4) is 11.5 Å². The molecule has 0 aliphatic heterocycles. The minimum absolute atomic E-state index is 0.826. The van der Waals surface area contributed by atoms with Crippen LogP contribution in [0.2, 0.25) is 0 Å². The monoisotopic (exact) mass is 409 g/mol. The molecule has 26 heavy (non-hydrogen) atoms. The van der Waals surface area contributed by atoms with E-state index in [2.05, 4.69) is 39.5 Å². The Labute approximate surface area is 162 Å².